The molecule has 0 fully saturated rings. The van der Waals surface area contributed by atoms with Crippen LogP contribution in [0.25, 0.3) is 44.2 Å². The van der Waals surface area contributed by atoms with E-state index in [2.05, 4.69) is 12.1 Å². The SMILES string of the molecule is O=C1C(=C2C(O)=CC(=[P+]3c4ccccc4-c4ccccc43)C=C2O)C(O)=C1c1c(O)cc(-n2c3ccccc3c3ccccc32)cc1O. The molecule has 0 radical (unpaired) electrons. The number of nitrogens with zero attached hydrogens (tertiary/aromatic N) is 1. The van der Waals surface area contributed by atoms with Crippen molar-refractivity contribution in [2.24, 2.45) is 0 Å². The maximum Gasteiger partial charge on any atom is 0.202 e. The molecular weight excluding hydrogens is 621 g/mol. The molecule has 2 heterocycles. The summed E-state index contributed by atoms with van der Waals surface area (Å²) in [5.41, 5.74) is 3.35. The molecule has 1 aromatic heterocycles. The summed E-state index contributed by atoms with van der Waals surface area (Å²) in [6, 6.07) is 34.5. The van der Waals surface area contributed by atoms with Gasteiger partial charge in [-0.05, 0) is 36.4 Å². The molecule has 7 nitrogen and oxygen atoms in total. The van der Waals surface area contributed by atoms with Crippen LogP contribution in [-0.4, -0.2) is 41.2 Å². The van der Waals surface area contributed by atoms with Crippen molar-refractivity contribution in [3.63, 3.8) is 0 Å². The number of para-hydroxylation sites is 2. The fraction of sp³-hybridized carbons (Fsp3) is 0. The first kappa shape index (κ1) is 28.0. The largest absolute Gasteiger partial charge is 0.507 e. The Labute approximate surface area is 274 Å². The zero-order valence-corrected chi connectivity index (χ0v) is 26.0. The Balaban J connectivity index is 1.15. The number of aliphatic hydroxyl groups excluding tert-OH is 3. The second-order valence-electron chi connectivity index (χ2n) is 11.9. The van der Waals surface area contributed by atoms with Crippen LogP contribution in [0.1, 0.15) is 5.56 Å². The Morgan fingerprint density at radius 2 is 1.02 bits per heavy atom. The third kappa shape index (κ3) is 3.76. The highest BCUT2D eigenvalue weighted by Gasteiger charge is 2.43. The molecule has 0 saturated heterocycles. The van der Waals surface area contributed by atoms with E-state index >= 15 is 0 Å². The molecular formula is C40H25NO6P+. The molecule has 2 aliphatic carbocycles. The van der Waals surface area contributed by atoms with Crippen LogP contribution in [0.2, 0.25) is 0 Å². The lowest BCUT2D eigenvalue weighted by molar-refractivity contribution is -0.111. The quantitative estimate of drug-likeness (QED) is 0.0978. The summed E-state index contributed by atoms with van der Waals surface area (Å²) in [7, 11) is -1.10. The zero-order chi connectivity index (χ0) is 32.8. The number of phenols is 2. The van der Waals surface area contributed by atoms with E-state index in [0.717, 1.165) is 43.5 Å². The number of benzene rings is 5. The highest BCUT2D eigenvalue weighted by Crippen LogP contribution is 2.49. The number of aromatic nitrogens is 1. The molecule has 0 amide bonds. The number of phenolic OH excluding ortho intramolecular Hbond substituents is 2. The number of hydrogen-bond acceptors (Lipinski definition) is 6. The summed E-state index contributed by atoms with van der Waals surface area (Å²) in [5.74, 6) is -2.83. The summed E-state index contributed by atoms with van der Waals surface area (Å²) < 4.78 is 1.91. The van der Waals surface area contributed by atoms with Gasteiger partial charge in [0.25, 0.3) is 0 Å². The number of hydrogen-bond donors (Lipinski definition) is 5. The van der Waals surface area contributed by atoms with Crippen LogP contribution in [0.4, 0.5) is 0 Å². The van der Waals surface area contributed by atoms with Gasteiger partial charge in [0.05, 0.1) is 39.0 Å². The first-order valence-electron chi connectivity index (χ1n) is 15.3. The molecule has 0 saturated carbocycles. The number of aliphatic hydroxyl groups is 3. The van der Waals surface area contributed by atoms with Gasteiger partial charge in [-0.25, -0.2) is 0 Å². The lowest BCUT2D eigenvalue weighted by Gasteiger charge is -2.26. The summed E-state index contributed by atoms with van der Waals surface area (Å²) in [4.78, 5) is 13.6. The minimum atomic E-state index is -1.10. The Bertz CT molecular complexity index is 2490. The molecule has 0 bridgehead atoms. The first-order valence-corrected chi connectivity index (χ1v) is 16.6. The lowest BCUT2D eigenvalue weighted by Crippen LogP contribution is -2.25. The average molecular weight is 647 g/mol. The number of ketones is 1. The molecule has 6 aromatic rings. The number of carbonyl (C=O) groups is 1. The third-order valence-electron chi connectivity index (χ3n) is 9.27. The normalized spacial score (nSPS) is 15.5. The van der Waals surface area contributed by atoms with Crippen molar-refractivity contribution >= 4 is 56.6 Å². The van der Waals surface area contributed by atoms with Gasteiger partial charge in [0.15, 0.2) is 23.4 Å². The second-order valence-corrected chi connectivity index (χ2v) is 14.0. The highest BCUT2D eigenvalue weighted by molar-refractivity contribution is 7.75. The zero-order valence-electron chi connectivity index (χ0n) is 25.1. The van der Waals surface area contributed by atoms with E-state index in [9.17, 15) is 30.3 Å². The molecule has 8 heteroatoms. The minimum absolute atomic E-state index is 0.207. The summed E-state index contributed by atoms with van der Waals surface area (Å²) in [5, 5.41) is 60.9. The van der Waals surface area contributed by atoms with E-state index in [4.69, 9.17) is 0 Å². The standard InChI is InChI=1S/C40H24NO6P/c42-29-17-21(41-27-13-5-1-9-23(27)24-10-2-6-14-28(24)41)18-30(43)35(29)37-39(46)38(40(37)47)36-31(44)19-22(20-32(36)45)48-33-15-7-3-11-25(33)26-12-4-8-16-34(26)48/h1-20H,(H4-,42,43,44,45,46,47)/p+1. The minimum Gasteiger partial charge on any atom is -0.507 e. The number of rotatable bonds is 2. The fourth-order valence-corrected chi connectivity index (χ4v) is 9.89. The molecule has 3 aliphatic rings. The fourth-order valence-electron chi connectivity index (χ4n) is 7.23. The molecule has 0 unspecified atom stereocenters. The molecule has 5 N–H and O–H groups in total. The summed E-state index contributed by atoms with van der Waals surface area (Å²) in [6.07, 6.45) is 3.06. The molecule has 0 atom stereocenters. The Morgan fingerprint density at radius 3 is 1.54 bits per heavy atom. The van der Waals surface area contributed by atoms with Gasteiger partial charge in [-0.3, -0.25) is 4.79 Å². The third-order valence-corrected chi connectivity index (χ3v) is 11.8. The number of carbonyl (C=O) groups excluding carboxylic acids is 1. The van der Waals surface area contributed by atoms with Crippen molar-refractivity contribution in [1.82, 2.24) is 4.57 Å². The number of fused-ring (bicyclic) bond motifs is 6. The molecule has 5 aromatic carbocycles. The van der Waals surface area contributed by atoms with Crippen molar-refractivity contribution in [2.75, 3.05) is 0 Å². The van der Waals surface area contributed by atoms with Crippen LogP contribution in [-0.2, 0) is 4.79 Å². The van der Waals surface area contributed by atoms with Crippen molar-refractivity contribution in [1.29, 1.82) is 0 Å². The van der Waals surface area contributed by atoms with E-state index < -0.39 is 30.6 Å². The molecule has 1 aliphatic heterocycles. The maximum atomic E-state index is 13.6. The monoisotopic (exact) mass is 646 g/mol. The Kier molecular flexibility index (Phi) is 5.88. The number of aromatic hydroxyl groups is 2. The molecule has 230 valence electrons. The molecule has 9 rings (SSSR count). The summed E-state index contributed by atoms with van der Waals surface area (Å²) >= 11 is 0. The van der Waals surface area contributed by atoms with E-state index in [0.29, 0.717) is 11.0 Å². The Hall–Kier alpha value is -6.30. The first-order chi connectivity index (χ1) is 23.3. The van der Waals surface area contributed by atoms with Crippen LogP contribution >= 0.6 is 7.55 Å². The Morgan fingerprint density at radius 1 is 0.542 bits per heavy atom. The van der Waals surface area contributed by atoms with Crippen molar-refractivity contribution < 1.29 is 30.3 Å². The molecule has 0 spiro atoms. The van der Waals surface area contributed by atoms with Crippen molar-refractivity contribution in [3.8, 4) is 28.3 Å². The summed E-state index contributed by atoms with van der Waals surface area (Å²) in [6.45, 7) is 0. The van der Waals surface area contributed by atoms with Crippen LogP contribution in [0.5, 0.6) is 11.5 Å². The van der Waals surface area contributed by atoms with Crippen LogP contribution in [0, 0.1) is 0 Å². The van der Waals surface area contributed by atoms with Gasteiger partial charge >= 0.3 is 0 Å². The van der Waals surface area contributed by atoms with Crippen LogP contribution < -0.4 is 10.6 Å². The van der Waals surface area contributed by atoms with E-state index in [1.165, 1.54) is 24.3 Å². The average Bonchev–Trinajstić information content (AvgIpc) is 3.61. The van der Waals surface area contributed by atoms with Gasteiger partial charge in [-0.1, -0.05) is 60.7 Å². The lowest BCUT2D eigenvalue weighted by atomic mass is 9.78. The van der Waals surface area contributed by atoms with Gasteiger partial charge in [-0.15, -0.1) is 0 Å². The van der Waals surface area contributed by atoms with Crippen LogP contribution in [0.3, 0.4) is 0 Å². The maximum absolute atomic E-state index is 13.6. The molecule has 48 heavy (non-hydrogen) atoms. The van der Waals surface area contributed by atoms with Gasteiger partial charge in [0.2, 0.25) is 5.78 Å². The van der Waals surface area contributed by atoms with Crippen LogP contribution in [0.15, 0.2) is 150 Å². The second kappa shape index (κ2) is 10.1. The van der Waals surface area contributed by atoms with E-state index in [1.54, 1.807) is 0 Å². The van der Waals surface area contributed by atoms with Gasteiger partial charge in [-0.2, -0.15) is 0 Å². The topological polar surface area (TPSA) is 123 Å². The van der Waals surface area contributed by atoms with E-state index in [1.807, 2.05) is 89.5 Å². The highest BCUT2D eigenvalue weighted by atomic mass is 31.1. The van der Waals surface area contributed by atoms with Gasteiger partial charge in [0, 0.05) is 46.2 Å². The predicted octanol–water partition coefficient (Wildman–Crippen LogP) is 7.53. The van der Waals surface area contributed by atoms with Crippen molar-refractivity contribution in [3.05, 3.63) is 155 Å². The van der Waals surface area contributed by atoms with Gasteiger partial charge < -0.3 is 30.1 Å². The smallest absolute Gasteiger partial charge is 0.202 e. The van der Waals surface area contributed by atoms with Crippen molar-refractivity contribution in [2.45, 2.75) is 0 Å². The van der Waals surface area contributed by atoms with E-state index in [-0.39, 0.29) is 33.8 Å². The van der Waals surface area contributed by atoms with Gasteiger partial charge in [0.1, 0.15) is 28.8 Å². The predicted molar refractivity (Wildman–Crippen MR) is 190 cm³/mol. The number of allylic oxidation sites excluding steroid dienone is 4. The number of Topliss-reactive ketones (excluding diaryl/α,β-unsaturated/α-hetero) is 1.